The van der Waals surface area contributed by atoms with Crippen molar-refractivity contribution in [3.05, 3.63) is 24.0 Å². The van der Waals surface area contributed by atoms with Gasteiger partial charge in [-0.1, -0.05) is 0 Å². The molecule has 1 aromatic rings. The summed E-state index contributed by atoms with van der Waals surface area (Å²) in [5, 5.41) is 6.45. The maximum atomic E-state index is 11.8. The van der Waals surface area contributed by atoms with Crippen molar-refractivity contribution in [3.8, 4) is 0 Å². The Bertz CT molecular complexity index is 427. The lowest BCUT2D eigenvalue weighted by Gasteiger charge is -2.21. The van der Waals surface area contributed by atoms with Crippen molar-refractivity contribution < 1.29 is 4.79 Å². The van der Waals surface area contributed by atoms with Crippen molar-refractivity contribution >= 4 is 5.91 Å². The zero-order valence-corrected chi connectivity index (χ0v) is 12.2. The fourth-order valence-corrected chi connectivity index (χ4v) is 1.91. The topological polar surface area (TPSA) is 46.1 Å². The van der Waals surface area contributed by atoms with Crippen LogP contribution in [0, 0.1) is 5.92 Å². The van der Waals surface area contributed by atoms with Gasteiger partial charge in [-0.2, -0.15) is 0 Å². The zero-order chi connectivity index (χ0) is 13.9. The van der Waals surface area contributed by atoms with E-state index >= 15 is 0 Å². The van der Waals surface area contributed by atoms with Crippen LogP contribution in [0.4, 0.5) is 0 Å². The predicted molar refractivity (Wildman–Crippen MR) is 76.8 cm³/mol. The van der Waals surface area contributed by atoms with E-state index in [2.05, 4.69) is 37.5 Å². The summed E-state index contributed by atoms with van der Waals surface area (Å²) in [6.07, 6.45) is 4.51. The van der Waals surface area contributed by atoms with Gasteiger partial charge in [0.15, 0.2) is 0 Å². The van der Waals surface area contributed by atoms with Crippen molar-refractivity contribution in [2.45, 2.75) is 52.2 Å². The summed E-state index contributed by atoms with van der Waals surface area (Å²) in [4.78, 5) is 11.8. The summed E-state index contributed by atoms with van der Waals surface area (Å²) in [5.41, 5.74) is 1.24. The molecule has 1 heterocycles. The molecule has 0 bridgehead atoms. The summed E-state index contributed by atoms with van der Waals surface area (Å²) >= 11 is 0. The Kier molecular flexibility index (Phi) is 4.30. The molecule has 4 nitrogen and oxygen atoms in total. The summed E-state index contributed by atoms with van der Waals surface area (Å²) in [6.45, 7) is 8.47. The SMILES string of the molecule is CC(C)(C)NCc1cccn1CC(=O)NCC1CC1. The van der Waals surface area contributed by atoms with E-state index in [1.165, 1.54) is 12.8 Å². The highest BCUT2D eigenvalue weighted by molar-refractivity contribution is 5.75. The number of aromatic nitrogens is 1. The number of amides is 1. The Hall–Kier alpha value is -1.29. The second-order valence-corrected chi connectivity index (χ2v) is 6.48. The van der Waals surface area contributed by atoms with E-state index in [1.54, 1.807) is 0 Å². The molecule has 1 aromatic heterocycles. The van der Waals surface area contributed by atoms with Gasteiger partial charge in [0.1, 0.15) is 6.54 Å². The maximum absolute atomic E-state index is 11.8. The van der Waals surface area contributed by atoms with Gasteiger partial charge >= 0.3 is 0 Å². The molecule has 0 aliphatic heterocycles. The Morgan fingerprint density at radius 1 is 1.42 bits per heavy atom. The van der Waals surface area contributed by atoms with E-state index in [9.17, 15) is 4.79 Å². The summed E-state index contributed by atoms with van der Waals surface area (Å²) in [6, 6.07) is 4.06. The van der Waals surface area contributed by atoms with Crippen molar-refractivity contribution in [2.75, 3.05) is 6.54 Å². The molecule has 1 fully saturated rings. The predicted octanol–water partition coefficient (Wildman–Crippen LogP) is 1.90. The third-order valence-corrected chi connectivity index (χ3v) is 3.32. The smallest absolute Gasteiger partial charge is 0.239 e. The first-order chi connectivity index (χ1) is 8.94. The normalized spacial score (nSPS) is 15.5. The third-order valence-electron chi connectivity index (χ3n) is 3.32. The van der Waals surface area contributed by atoms with Crippen LogP contribution in [0.2, 0.25) is 0 Å². The minimum Gasteiger partial charge on any atom is -0.354 e. The first-order valence-corrected chi connectivity index (χ1v) is 7.10. The largest absolute Gasteiger partial charge is 0.354 e. The van der Waals surface area contributed by atoms with Crippen LogP contribution in [-0.2, 0) is 17.9 Å². The van der Waals surface area contributed by atoms with Crippen molar-refractivity contribution in [2.24, 2.45) is 5.92 Å². The average Bonchev–Trinajstić information content (AvgIpc) is 3.04. The second-order valence-electron chi connectivity index (χ2n) is 6.48. The molecule has 0 spiro atoms. The number of carbonyl (C=O) groups excluding carboxylic acids is 1. The number of nitrogens with one attached hydrogen (secondary N) is 2. The Balaban J connectivity index is 1.82. The minimum absolute atomic E-state index is 0.0866. The van der Waals surface area contributed by atoms with E-state index in [1.807, 2.05) is 16.8 Å². The summed E-state index contributed by atoms with van der Waals surface area (Å²) in [5.74, 6) is 0.843. The molecule has 0 aromatic carbocycles. The van der Waals surface area contributed by atoms with Crippen LogP contribution in [0.1, 0.15) is 39.3 Å². The first-order valence-electron chi connectivity index (χ1n) is 7.10. The lowest BCUT2D eigenvalue weighted by atomic mass is 10.1. The fraction of sp³-hybridized carbons (Fsp3) is 0.667. The molecule has 1 saturated carbocycles. The number of nitrogens with zero attached hydrogens (tertiary/aromatic N) is 1. The molecular formula is C15H25N3O. The Morgan fingerprint density at radius 2 is 2.16 bits per heavy atom. The van der Waals surface area contributed by atoms with Gasteiger partial charge in [-0.25, -0.2) is 0 Å². The summed E-state index contributed by atoms with van der Waals surface area (Å²) in [7, 11) is 0. The molecule has 0 radical (unpaired) electrons. The number of hydrogen-bond acceptors (Lipinski definition) is 2. The second kappa shape index (κ2) is 5.78. The van der Waals surface area contributed by atoms with Gasteiger partial charge in [-0.05, 0) is 51.7 Å². The average molecular weight is 263 g/mol. The van der Waals surface area contributed by atoms with Crippen LogP contribution in [0.3, 0.4) is 0 Å². The number of rotatable bonds is 6. The van der Waals surface area contributed by atoms with Crippen LogP contribution in [-0.4, -0.2) is 22.6 Å². The minimum atomic E-state index is 0.0866. The standard InChI is InChI=1S/C15H25N3O/c1-15(2,3)17-10-13-5-4-8-18(13)11-14(19)16-9-12-6-7-12/h4-5,8,12,17H,6-7,9-11H2,1-3H3,(H,16,19). The van der Waals surface area contributed by atoms with Gasteiger partial charge < -0.3 is 15.2 Å². The van der Waals surface area contributed by atoms with Gasteiger partial charge in [0.05, 0.1) is 0 Å². The molecular weight excluding hydrogens is 238 g/mol. The van der Waals surface area contributed by atoms with E-state index in [-0.39, 0.29) is 11.4 Å². The lowest BCUT2D eigenvalue weighted by Crippen LogP contribution is -2.36. The van der Waals surface area contributed by atoms with Crippen molar-refractivity contribution in [1.82, 2.24) is 15.2 Å². The van der Waals surface area contributed by atoms with E-state index in [0.29, 0.717) is 6.54 Å². The van der Waals surface area contributed by atoms with Crippen LogP contribution >= 0.6 is 0 Å². The van der Waals surface area contributed by atoms with Crippen LogP contribution in [0.25, 0.3) is 0 Å². The van der Waals surface area contributed by atoms with Crippen molar-refractivity contribution in [3.63, 3.8) is 0 Å². The molecule has 0 atom stereocenters. The molecule has 0 saturated heterocycles. The first kappa shape index (κ1) is 14.1. The highest BCUT2D eigenvalue weighted by atomic mass is 16.1. The maximum Gasteiger partial charge on any atom is 0.239 e. The Morgan fingerprint density at radius 3 is 2.79 bits per heavy atom. The van der Waals surface area contributed by atoms with Crippen LogP contribution < -0.4 is 10.6 Å². The van der Waals surface area contributed by atoms with Gasteiger partial charge in [0, 0.05) is 30.5 Å². The van der Waals surface area contributed by atoms with Crippen LogP contribution in [0.15, 0.2) is 18.3 Å². The molecule has 106 valence electrons. The molecule has 2 rings (SSSR count). The molecule has 1 amide bonds. The molecule has 1 aliphatic rings. The molecule has 1 aliphatic carbocycles. The lowest BCUT2D eigenvalue weighted by molar-refractivity contribution is -0.121. The van der Waals surface area contributed by atoms with Gasteiger partial charge in [-0.3, -0.25) is 4.79 Å². The fourth-order valence-electron chi connectivity index (χ4n) is 1.91. The van der Waals surface area contributed by atoms with E-state index < -0.39 is 0 Å². The number of hydrogen-bond donors (Lipinski definition) is 2. The third kappa shape index (κ3) is 5.07. The molecule has 2 N–H and O–H groups in total. The quantitative estimate of drug-likeness (QED) is 0.823. The van der Waals surface area contributed by atoms with Gasteiger partial charge in [0.2, 0.25) is 5.91 Å². The Labute approximate surface area is 115 Å². The summed E-state index contributed by atoms with van der Waals surface area (Å²) < 4.78 is 2.01. The highest BCUT2D eigenvalue weighted by Gasteiger charge is 2.21. The van der Waals surface area contributed by atoms with E-state index in [0.717, 1.165) is 24.7 Å². The molecule has 4 heteroatoms. The van der Waals surface area contributed by atoms with Gasteiger partial charge in [-0.15, -0.1) is 0 Å². The zero-order valence-electron chi connectivity index (χ0n) is 12.2. The number of carbonyl (C=O) groups is 1. The molecule has 0 unspecified atom stereocenters. The van der Waals surface area contributed by atoms with Crippen LogP contribution in [0.5, 0.6) is 0 Å². The van der Waals surface area contributed by atoms with E-state index in [4.69, 9.17) is 0 Å². The van der Waals surface area contributed by atoms with Gasteiger partial charge in [0.25, 0.3) is 0 Å². The molecule has 19 heavy (non-hydrogen) atoms. The van der Waals surface area contributed by atoms with Crippen molar-refractivity contribution in [1.29, 1.82) is 0 Å². The monoisotopic (exact) mass is 263 g/mol. The highest BCUT2D eigenvalue weighted by Crippen LogP contribution is 2.27.